The van der Waals surface area contributed by atoms with Gasteiger partial charge in [0.05, 0.1) is 16.9 Å². The molecule has 2 aromatic carbocycles. The summed E-state index contributed by atoms with van der Waals surface area (Å²) in [6, 6.07) is 14.7. The van der Waals surface area contributed by atoms with Crippen molar-refractivity contribution in [2.75, 3.05) is 19.0 Å². The number of carbonyl (C=O) groups excluding carboxylic acids is 1. The second-order valence-corrected chi connectivity index (χ2v) is 4.23. The summed E-state index contributed by atoms with van der Waals surface area (Å²) < 4.78 is 0. The van der Waals surface area contributed by atoms with Crippen LogP contribution in [0.3, 0.4) is 0 Å². The fraction of sp³-hybridized carbons (Fsp3) is 0.133. The zero-order chi connectivity index (χ0) is 13.7. The molecule has 95 valence electrons. The highest BCUT2D eigenvalue weighted by Crippen LogP contribution is 2.22. The standard InChI is InChI=1S/C15H14N3O/c1-18(2)14-9-7-13(8-10-14)16-17-15-6-4-3-5-12(15)11-19/h3-10H,1-2H3. The minimum absolute atomic E-state index is 0.413. The van der Waals surface area contributed by atoms with Gasteiger partial charge in [-0.15, -0.1) is 5.11 Å². The number of nitrogens with zero attached hydrogens (tertiary/aromatic N) is 3. The quantitative estimate of drug-likeness (QED) is 0.780. The van der Waals surface area contributed by atoms with Crippen molar-refractivity contribution in [1.29, 1.82) is 0 Å². The second kappa shape index (κ2) is 5.91. The van der Waals surface area contributed by atoms with Crippen molar-refractivity contribution in [3.63, 3.8) is 0 Å². The maximum absolute atomic E-state index is 10.7. The fourth-order valence-electron chi connectivity index (χ4n) is 1.58. The van der Waals surface area contributed by atoms with Gasteiger partial charge in [-0.05, 0) is 36.4 Å². The lowest BCUT2D eigenvalue weighted by Crippen LogP contribution is -2.07. The lowest BCUT2D eigenvalue weighted by Gasteiger charge is -2.11. The van der Waals surface area contributed by atoms with Crippen LogP contribution in [0, 0.1) is 0 Å². The van der Waals surface area contributed by atoms with Crippen LogP contribution in [0.2, 0.25) is 0 Å². The molecule has 0 saturated carbocycles. The van der Waals surface area contributed by atoms with Crippen molar-refractivity contribution < 1.29 is 4.79 Å². The first-order valence-electron chi connectivity index (χ1n) is 5.87. The molecule has 19 heavy (non-hydrogen) atoms. The Kier molecular flexibility index (Phi) is 4.03. The third kappa shape index (κ3) is 3.25. The van der Waals surface area contributed by atoms with Gasteiger partial charge in [0.25, 0.3) is 0 Å². The Balaban J connectivity index is 2.20. The minimum Gasteiger partial charge on any atom is -0.378 e. The van der Waals surface area contributed by atoms with E-state index in [-0.39, 0.29) is 0 Å². The molecular formula is C15H14N3O. The van der Waals surface area contributed by atoms with Crippen molar-refractivity contribution in [2.45, 2.75) is 0 Å². The number of hydrogen-bond donors (Lipinski definition) is 0. The van der Waals surface area contributed by atoms with Gasteiger partial charge >= 0.3 is 0 Å². The summed E-state index contributed by atoms with van der Waals surface area (Å²) in [7, 11) is 3.96. The van der Waals surface area contributed by atoms with E-state index in [9.17, 15) is 4.79 Å². The number of hydrogen-bond acceptors (Lipinski definition) is 4. The monoisotopic (exact) mass is 252 g/mol. The van der Waals surface area contributed by atoms with Gasteiger partial charge in [-0.25, -0.2) is 0 Å². The van der Waals surface area contributed by atoms with Crippen LogP contribution in [0.5, 0.6) is 0 Å². The van der Waals surface area contributed by atoms with Gasteiger partial charge < -0.3 is 4.90 Å². The van der Waals surface area contributed by atoms with Gasteiger partial charge in [-0.1, -0.05) is 12.1 Å². The maximum Gasteiger partial charge on any atom is 0.235 e. The lowest BCUT2D eigenvalue weighted by atomic mass is 10.2. The highest BCUT2D eigenvalue weighted by molar-refractivity contribution is 5.82. The Morgan fingerprint density at radius 2 is 1.63 bits per heavy atom. The zero-order valence-corrected chi connectivity index (χ0v) is 10.9. The topological polar surface area (TPSA) is 45.0 Å². The molecule has 4 nitrogen and oxygen atoms in total. The molecule has 2 rings (SSSR count). The zero-order valence-electron chi connectivity index (χ0n) is 10.9. The number of azo groups is 1. The van der Waals surface area contributed by atoms with Crippen LogP contribution < -0.4 is 4.90 Å². The van der Waals surface area contributed by atoms with E-state index in [1.54, 1.807) is 18.2 Å². The van der Waals surface area contributed by atoms with E-state index in [0.29, 0.717) is 11.3 Å². The molecular weight excluding hydrogens is 238 g/mol. The molecule has 0 unspecified atom stereocenters. The predicted octanol–water partition coefficient (Wildman–Crippen LogP) is 3.63. The van der Waals surface area contributed by atoms with E-state index in [0.717, 1.165) is 11.4 Å². The second-order valence-electron chi connectivity index (χ2n) is 4.23. The first-order chi connectivity index (χ1) is 9.20. The minimum atomic E-state index is 0.413. The number of anilines is 1. The van der Waals surface area contributed by atoms with Crippen LogP contribution in [0.25, 0.3) is 0 Å². The van der Waals surface area contributed by atoms with Crippen LogP contribution in [-0.2, 0) is 4.79 Å². The first kappa shape index (κ1) is 13.0. The smallest absolute Gasteiger partial charge is 0.235 e. The summed E-state index contributed by atoms with van der Waals surface area (Å²) in [6.07, 6.45) is 1.85. The van der Waals surface area contributed by atoms with Crippen molar-refractivity contribution in [3.05, 3.63) is 54.1 Å². The average Bonchev–Trinajstić information content (AvgIpc) is 2.45. The molecule has 0 aliphatic heterocycles. The fourth-order valence-corrected chi connectivity index (χ4v) is 1.58. The van der Waals surface area contributed by atoms with Crippen molar-refractivity contribution in [1.82, 2.24) is 0 Å². The molecule has 0 amide bonds. The molecule has 0 atom stereocenters. The van der Waals surface area contributed by atoms with E-state index < -0.39 is 0 Å². The summed E-state index contributed by atoms with van der Waals surface area (Å²) in [5.74, 6) is 0. The third-order valence-corrected chi connectivity index (χ3v) is 2.65. The molecule has 0 N–H and O–H groups in total. The van der Waals surface area contributed by atoms with Gasteiger partial charge in [-0.2, -0.15) is 5.11 Å². The Hall–Kier alpha value is -2.49. The van der Waals surface area contributed by atoms with E-state index in [1.807, 2.05) is 55.6 Å². The van der Waals surface area contributed by atoms with Gasteiger partial charge in [0, 0.05) is 19.8 Å². The van der Waals surface area contributed by atoms with Crippen molar-refractivity contribution in [3.8, 4) is 0 Å². The summed E-state index contributed by atoms with van der Waals surface area (Å²) >= 11 is 0. The Bertz CT molecular complexity index is 589. The SMILES string of the molecule is CN(C)c1ccc(N=Nc2ccccc2[C]=O)cc1. The lowest BCUT2D eigenvalue weighted by molar-refractivity contribution is 0.563. The van der Waals surface area contributed by atoms with E-state index >= 15 is 0 Å². The number of benzene rings is 2. The van der Waals surface area contributed by atoms with Crippen molar-refractivity contribution in [2.24, 2.45) is 10.2 Å². The molecule has 0 heterocycles. The molecule has 0 aliphatic rings. The molecule has 0 aromatic heterocycles. The van der Waals surface area contributed by atoms with Gasteiger partial charge in [0.1, 0.15) is 0 Å². The van der Waals surface area contributed by atoms with Gasteiger partial charge in [-0.3, -0.25) is 4.79 Å². The molecule has 0 bridgehead atoms. The van der Waals surface area contributed by atoms with Crippen LogP contribution in [0.1, 0.15) is 5.56 Å². The number of rotatable bonds is 4. The summed E-state index contributed by atoms with van der Waals surface area (Å²) in [5.41, 5.74) is 2.78. The Morgan fingerprint density at radius 3 is 2.26 bits per heavy atom. The highest BCUT2D eigenvalue weighted by Gasteiger charge is 1.99. The van der Waals surface area contributed by atoms with Crippen LogP contribution in [0.4, 0.5) is 17.1 Å². The molecule has 0 saturated heterocycles. The van der Waals surface area contributed by atoms with E-state index in [2.05, 4.69) is 10.2 Å². The van der Waals surface area contributed by atoms with Crippen LogP contribution >= 0.6 is 0 Å². The van der Waals surface area contributed by atoms with E-state index in [4.69, 9.17) is 0 Å². The molecule has 0 spiro atoms. The Labute approximate surface area is 112 Å². The van der Waals surface area contributed by atoms with Crippen LogP contribution in [-0.4, -0.2) is 20.4 Å². The molecule has 4 heteroatoms. The molecule has 1 radical (unpaired) electrons. The average molecular weight is 252 g/mol. The molecule has 0 aliphatic carbocycles. The van der Waals surface area contributed by atoms with Gasteiger partial charge in [0.15, 0.2) is 0 Å². The van der Waals surface area contributed by atoms with E-state index in [1.165, 1.54) is 0 Å². The predicted molar refractivity (Wildman–Crippen MR) is 76.2 cm³/mol. The normalized spacial score (nSPS) is 10.6. The van der Waals surface area contributed by atoms with Crippen molar-refractivity contribution >= 4 is 23.3 Å². The third-order valence-electron chi connectivity index (χ3n) is 2.65. The van der Waals surface area contributed by atoms with Gasteiger partial charge in [0.2, 0.25) is 6.29 Å². The Morgan fingerprint density at radius 1 is 0.947 bits per heavy atom. The summed E-state index contributed by atoms with van der Waals surface area (Å²) in [4.78, 5) is 12.7. The largest absolute Gasteiger partial charge is 0.378 e. The molecule has 0 fully saturated rings. The summed E-state index contributed by atoms with van der Waals surface area (Å²) in [5, 5.41) is 8.18. The first-order valence-corrected chi connectivity index (χ1v) is 5.87. The highest BCUT2D eigenvalue weighted by atomic mass is 16.1. The maximum atomic E-state index is 10.7. The van der Waals surface area contributed by atoms with Crippen LogP contribution in [0.15, 0.2) is 58.8 Å². The molecule has 2 aromatic rings. The summed E-state index contributed by atoms with van der Waals surface area (Å²) in [6.45, 7) is 0.